The Morgan fingerprint density at radius 3 is 2.80 bits per heavy atom. The van der Waals surface area contributed by atoms with Crippen LogP contribution in [0.4, 0.5) is 18.3 Å². The standard InChI is InChI=1S/C10H6ClF3N2O2S2/c11-8-5(1-2-19-8)18-4-7(17)16-9-15-3-6(20-9)10(12,13)14/h1-3H,4H2,(H,15,16,17). The number of halogens is 4. The lowest BCUT2D eigenvalue weighted by atomic mass is 10.5. The van der Waals surface area contributed by atoms with E-state index in [-0.39, 0.29) is 11.7 Å². The van der Waals surface area contributed by atoms with Crippen LogP contribution < -0.4 is 10.1 Å². The number of hydrogen-bond donors (Lipinski definition) is 1. The summed E-state index contributed by atoms with van der Waals surface area (Å²) in [6.45, 7) is -0.364. The molecule has 0 aliphatic heterocycles. The fourth-order valence-corrected chi connectivity index (χ4v) is 2.67. The zero-order chi connectivity index (χ0) is 14.8. The molecule has 0 aliphatic carbocycles. The molecule has 0 saturated heterocycles. The van der Waals surface area contributed by atoms with E-state index >= 15 is 0 Å². The van der Waals surface area contributed by atoms with Crippen molar-refractivity contribution in [2.75, 3.05) is 11.9 Å². The zero-order valence-corrected chi connectivity index (χ0v) is 11.9. The van der Waals surface area contributed by atoms with Gasteiger partial charge in [-0.15, -0.1) is 11.3 Å². The monoisotopic (exact) mass is 342 g/mol. The van der Waals surface area contributed by atoms with Gasteiger partial charge in [0.25, 0.3) is 5.91 Å². The summed E-state index contributed by atoms with van der Waals surface area (Å²) in [6.07, 6.45) is -3.81. The summed E-state index contributed by atoms with van der Waals surface area (Å²) in [7, 11) is 0. The minimum absolute atomic E-state index is 0.137. The molecule has 0 aliphatic rings. The van der Waals surface area contributed by atoms with Gasteiger partial charge in [-0.2, -0.15) is 13.2 Å². The van der Waals surface area contributed by atoms with Gasteiger partial charge in [-0.3, -0.25) is 10.1 Å². The number of carbonyl (C=O) groups excluding carboxylic acids is 1. The molecule has 0 saturated carbocycles. The van der Waals surface area contributed by atoms with Crippen molar-refractivity contribution in [3.8, 4) is 5.75 Å². The molecule has 108 valence electrons. The van der Waals surface area contributed by atoms with Gasteiger partial charge in [-0.1, -0.05) is 22.9 Å². The van der Waals surface area contributed by atoms with E-state index in [1.807, 2.05) is 0 Å². The first-order chi connectivity index (χ1) is 9.36. The fourth-order valence-electron chi connectivity index (χ4n) is 1.15. The van der Waals surface area contributed by atoms with Crippen molar-refractivity contribution in [2.24, 2.45) is 0 Å². The SMILES string of the molecule is O=C(COc1ccsc1Cl)Nc1ncc(C(F)(F)F)s1. The van der Waals surface area contributed by atoms with Crippen LogP contribution in [0.25, 0.3) is 0 Å². The van der Waals surface area contributed by atoms with E-state index in [2.05, 4.69) is 10.3 Å². The maximum atomic E-state index is 12.3. The maximum Gasteiger partial charge on any atom is 0.427 e. The number of thiophene rings is 1. The average molecular weight is 343 g/mol. The highest BCUT2D eigenvalue weighted by molar-refractivity contribution is 7.15. The van der Waals surface area contributed by atoms with E-state index in [0.29, 0.717) is 27.6 Å². The van der Waals surface area contributed by atoms with Gasteiger partial charge in [0.2, 0.25) is 0 Å². The fraction of sp³-hybridized carbons (Fsp3) is 0.200. The Balaban J connectivity index is 1.89. The minimum Gasteiger partial charge on any atom is -0.481 e. The second-order valence-electron chi connectivity index (χ2n) is 3.42. The van der Waals surface area contributed by atoms with Crippen LogP contribution in [-0.4, -0.2) is 17.5 Å². The third-order valence-corrected chi connectivity index (χ3v) is 4.07. The van der Waals surface area contributed by atoms with Gasteiger partial charge in [0.05, 0.1) is 6.20 Å². The second kappa shape index (κ2) is 5.98. The van der Waals surface area contributed by atoms with Gasteiger partial charge in [0.15, 0.2) is 11.7 Å². The Labute approximate surface area is 124 Å². The molecule has 0 unspecified atom stereocenters. The van der Waals surface area contributed by atoms with Crippen LogP contribution in [0.15, 0.2) is 17.6 Å². The van der Waals surface area contributed by atoms with Crippen LogP contribution in [0, 0.1) is 0 Å². The van der Waals surface area contributed by atoms with Crippen molar-refractivity contribution in [2.45, 2.75) is 6.18 Å². The topological polar surface area (TPSA) is 51.2 Å². The van der Waals surface area contributed by atoms with Gasteiger partial charge in [0.1, 0.15) is 15.0 Å². The lowest BCUT2D eigenvalue weighted by Crippen LogP contribution is -2.19. The molecule has 0 bridgehead atoms. The summed E-state index contributed by atoms with van der Waals surface area (Å²) in [6, 6.07) is 1.59. The van der Waals surface area contributed by atoms with E-state index in [4.69, 9.17) is 16.3 Å². The van der Waals surface area contributed by atoms with Crippen LogP contribution in [-0.2, 0) is 11.0 Å². The summed E-state index contributed by atoms with van der Waals surface area (Å²) in [5.41, 5.74) is 0. The molecule has 0 radical (unpaired) electrons. The smallest absolute Gasteiger partial charge is 0.427 e. The van der Waals surface area contributed by atoms with Crippen molar-refractivity contribution in [3.63, 3.8) is 0 Å². The normalized spacial score (nSPS) is 11.4. The van der Waals surface area contributed by atoms with Gasteiger partial charge < -0.3 is 4.74 Å². The zero-order valence-electron chi connectivity index (χ0n) is 9.53. The number of amides is 1. The van der Waals surface area contributed by atoms with Crippen molar-refractivity contribution in [1.29, 1.82) is 0 Å². The molecule has 2 rings (SSSR count). The first-order valence-electron chi connectivity index (χ1n) is 5.05. The van der Waals surface area contributed by atoms with E-state index in [1.165, 1.54) is 11.3 Å². The van der Waals surface area contributed by atoms with Crippen molar-refractivity contribution >= 4 is 45.3 Å². The molecule has 1 amide bonds. The quantitative estimate of drug-likeness (QED) is 0.917. The first kappa shape index (κ1) is 15.1. The van der Waals surface area contributed by atoms with Crippen molar-refractivity contribution < 1.29 is 22.7 Å². The lowest BCUT2D eigenvalue weighted by Gasteiger charge is -2.04. The summed E-state index contributed by atoms with van der Waals surface area (Å²) < 4.78 is 42.5. The van der Waals surface area contributed by atoms with Crippen LogP contribution in [0.2, 0.25) is 4.34 Å². The number of carbonyl (C=O) groups is 1. The molecule has 1 N–H and O–H groups in total. The van der Waals surface area contributed by atoms with Gasteiger partial charge in [0, 0.05) is 0 Å². The van der Waals surface area contributed by atoms with Crippen LogP contribution >= 0.6 is 34.3 Å². The molecule has 0 atom stereocenters. The molecule has 20 heavy (non-hydrogen) atoms. The minimum atomic E-state index is -4.47. The number of alkyl halides is 3. The molecule has 0 aromatic carbocycles. The highest BCUT2D eigenvalue weighted by Crippen LogP contribution is 2.35. The Kier molecular flexibility index (Phi) is 4.51. The Morgan fingerprint density at radius 2 is 2.25 bits per heavy atom. The van der Waals surface area contributed by atoms with Crippen LogP contribution in [0.3, 0.4) is 0 Å². The summed E-state index contributed by atoms with van der Waals surface area (Å²) >= 11 is 7.35. The van der Waals surface area contributed by atoms with E-state index in [0.717, 1.165) is 0 Å². The molecule has 0 spiro atoms. The van der Waals surface area contributed by atoms with E-state index in [9.17, 15) is 18.0 Å². The number of aromatic nitrogens is 1. The number of thiazole rings is 1. The molecular weight excluding hydrogens is 337 g/mol. The van der Waals surface area contributed by atoms with Crippen LogP contribution in [0.5, 0.6) is 5.75 Å². The Bertz CT molecular complexity index is 612. The average Bonchev–Trinajstić information content (AvgIpc) is 2.95. The molecule has 2 aromatic rings. The molecule has 2 heterocycles. The molecule has 2 aromatic heterocycles. The summed E-state index contributed by atoms with van der Waals surface area (Å²) in [5, 5.41) is 3.77. The molecule has 4 nitrogen and oxygen atoms in total. The number of rotatable bonds is 4. The van der Waals surface area contributed by atoms with Crippen LogP contribution in [0.1, 0.15) is 4.88 Å². The van der Waals surface area contributed by atoms with Crippen molar-refractivity contribution in [1.82, 2.24) is 4.98 Å². The predicted molar refractivity (Wildman–Crippen MR) is 70.6 cm³/mol. The Morgan fingerprint density at radius 1 is 1.50 bits per heavy atom. The number of nitrogens with zero attached hydrogens (tertiary/aromatic N) is 1. The van der Waals surface area contributed by atoms with E-state index < -0.39 is 17.0 Å². The van der Waals surface area contributed by atoms with Gasteiger partial charge in [-0.25, -0.2) is 4.98 Å². The second-order valence-corrected chi connectivity index (χ2v) is 5.97. The largest absolute Gasteiger partial charge is 0.481 e. The number of anilines is 1. The van der Waals surface area contributed by atoms with Gasteiger partial charge >= 0.3 is 6.18 Å². The molecule has 10 heteroatoms. The predicted octanol–water partition coefficient (Wildman–Crippen LogP) is 3.89. The molecular formula is C10H6ClF3N2O2S2. The third kappa shape index (κ3) is 3.84. The third-order valence-electron chi connectivity index (χ3n) is 1.97. The number of nitrogens with one attached hydrogen (secondary N) is 1. The Hall–Kier alpha value is -1.32. The highest BCUT2D eigenvalue weighted by Gasteiger charge is 2.33. The van der Waals surface area contributed by atoms with Crippen molar-refractivity contribution in [3.05, 3.63) is 26.9 Å². The van der Waals surface area contributed by atoms with Gasteiger partial charge in [-0.05, 0) is 11.4 Å². The maximum absolute atomic E-state index is 12.3. The number of ether oxygens (including phenoxy) is 1. The molecule has 0 fully saturated rings. The summed E-state index contributed by atoms with van der Waals surface area (Å²) in [4.78, 5) is 14.1. The summed E-state index contributed by atoms with van der Waals surface area (Å²) in [5.74, 6) is -0.266. The highest BCUT2D eigenvalue weighted by atomic mass is 35.5. The lowest BCUT2D eigenvalue weighted by molar-refractivity contribution is -0.134. The number of hydrogen-bond acceptors (Lipinski definition) is 5. The van der Waals surface area contributed by atoms with E-state index in [1.54, 1.807) is 11.4 Å². The first-order valence-corrected chi connectivity index (χ1v) is 7.12.